The maximum atomic E-state index is 5.36. The molecule has 0 saturated carbocycles. The Morgan fingerprint density at radius 2 is 1.19 bits per heavy atom. The Bertz CT molecular complexity index is 1660. The van der Waals surface area contributed by atoms with Gasteiger partial charge in [0.15, 0.2) is 0 Å². The van der Waals surface area contributed by atoms with Crippen LogP contribution in [-0.2, 0) is 5.41 Å². The van der Waals surface area contributed by atoms with Gasteiger partial charge in [0.1, 0.15) is 5.82 Å². The second-order valence-electron chi connectivity index (χ2n) is 13.6. The zero-order chi connectivity index (χ0) is 30.3. The van der Waals surface area contributed by atoms with Gasteiger partial charge in [-0.05, 0) is 89.1 Å². The van der Waals surface area contributed by atoms with E-state index in [9.17, 15) is 0 Å². The molecule has 216 valence electrons. The number of hydrogen-bond donors (Lipinski definition) is 0. The number of aryl methyl sites for hydroxylation is 3. The lowest BCUT2D eigenvalue weighted by Crippen LogP contribution is -2.10. The molecule has 0 aliphatic carbocycles. The summed E-state index contributed by atoms with van der Waals surface area (Å²) in [5.74, 6) is 1.66. The summed E-state index contributed by atoms with van der Waals surface area (Å²) in [5, 5.41) is 0. The second-order valence-corrected chi connectivity index (χ2v) is 13.6. The van der Waals surface area contributed by atoms with Crippen LogP contribution in [0.4, 0.5) is 0 Å². The molecular weight excluding hydrogens is 508 g/mol. The summed E-state index contributed by atoms with van der Waals surface area (Å²) in [7, 11) is 0. The lowest BCUT2D eigenvalue weighted by molar-refractivity contribution is 0.590. The van der Waals surface area contributed by atoms with Gasteiger partial charge in [-0.2, -0.15) is 0 Å². The molecule has 0 fully saturated rings. The molecule has 1 aromatic heterocycles. The Labute approximate surface area is 253 Å². The Morgan fingerprint density at radius 3 is 1.69 bits per heavy atom. The van der Waals surface area contributed by atoms with Crippen molar-refractivity contribution >= 4 is 0 Å². The molecule has 5 aromatic rings. The molecule has 0 aliphatic rings. The Morgan fingerprint density at radius 1 is 0.643 bits per heavy atom. The van der Waals surface area contributed by atoms with Crippen molar-refractivity contribution in [2.24, 2.45) is 0 Å². The number of hydrogen-bond acceptors (Lipinski definition) is 1. The van der Waals surface area contributed by atoms with Gasteiger partial charge in [0.25, 0.3) is 0 Å². The van der Waals surface area contributed by atoms with Crippen molar-refractivity contribution in [2.75, 3.05) is 0 Å². The van der Waals surface area contributed by atoms with E-state index in [1.165, 1.54) is 55.8 Å². The van der Waals surface area contributed by atoms with Crippen molar-refractivity contribution in [3.63, 3.8) is 0 Å². The standard InChI is InChI=1S/C40H46N2/c1-25(2)34-22-32(30-16-18-33(19-17-30)40(8,9)10)23-35(26(3)4)38(34)42-24-36(37-28(6)20-27(5)21-29(37)7)41-39(42)31-14-12-11-13-15-31/h11-26H,1-10H3. The summed E-state index contributed by atoms with van der Waals surface area (Å²) in [6, 6.07) is 29.1. The molecule has 42 heavy (non-hydrogen) atoms. The van der Waals surface area contributed by atoms with E-state index in [4.69, 9.17) is 4.98 Å². The summed E-state index contributed by atoms with van der Waals surface area (Å²) < 4.78 is 2.38. The van der Waals surface area contributed by atoms with Gasteiger partial charge >= 0.3 is 0 Å². The van der Waals surface area contributed by atoms with Gasteiger partial charge < -0.3 is 0 Å². The monoisotopic (exact) mass is 554 g/mol. The maximum Gasteiger partial charge on any atom is 0.145 e. The van der Waals surface area contributed by atoms with Crippen molar-refractivity contribution in [2.45, 2.75) is 86.5 Å². The summed E-state index contributed by atoms with van der Waals surface area (Å²) in [5.41, 5.74) is 15.2. The van der Waals surface area contributed by atoms with Gasteiger partial charge in [-0.25, -0.2) is 4.98 Å². The van der Waals surface area contributed by atoms with Crippen molar-refractivity contribution in [1.82, 2.24) is 9.55 Å². The van der Waals surface area contributed by atoms with E-state index < -0.39 is 0 Å². The number of rotatable bonds is 6. The van der Waals surface area contributed by atoms with Crippen LogP contribution < -0.4 is 0 Å². The molecule has 5 rings (SSSR count). The van der Waals surface area contributed by atoms with Crippen LogP contribution >= 0.6 is 0 Å². The quantitative estimate of drug-likeness (QED) is 0.204. The molecule has 2 heteroatoms. The number of nitrogens with zero attached hydrogens (tertiary/aromatic N) is 2. The number of aromatic nitrogens is 2. The SMILES string of the molecule is Cc1cc(C)c(-c2cn(-c3c(C(C)C)cc(-c4ccc(C(C)(C)C)cc4)cc3C(C)C)c(-c3ccccc3)n2)c(C)c1. The summed E-state index contributed by atoms with van der Waals surface area (Å²) in [6.45, 7) is 22.6. The van der Waals surface area contributed by atoms with E-state index >= 15 is 0 Å². The van der Waals surface area contributed by atoms with E-state index in [0.29, 0.717) is 11.8 Å². The van der Waals surface area contributed by atoms with Crippen LogP contribution in [0, 0.1) is 20.8 Å². The van der Waals surface area contributed by atoms with Crippen LogP contribution in [0.1, 0.15) is 93.7 Å². The average Bonchev–Trinajstić information content (AvgIpc) is 3.36. The molecule has 0 saturated heterocycles. The first-order chi connectivity index (χ1) is 19.8. The largest absolute Gasteiger partial charge is 0.299 e. The van der Waals surface area contributed by atoms with Gasteiger partial charge in [-0.3, -0.25) is 4.57 Å². The van der Waals surface area contributed by atoms with Crippen LogP contribution in [0.3, 0.4) is 0 Å². The third kappa shape index (κ3) is 5.73. The van der Waals surface area contributed by atoms with Crippen LogP contribution in [-0.4, -0.2) is 9.55 Å². The van der Waals surface area contributed by atoms with Crippen molar-refractivity contribution in [3.05, 3.63) is 118 Å². The minimum Gasteiger partial charge on any atom is -0.299 e. The molecular formula is C40H46N2. The fourth-order valence-electron chi connectivity index (χ4n) is 6.21. The molecule has 0 atom stereocenters. The normalized spacial score (nSPS) is 12.0. The molecule has 2 nitrogen and oxygen atoms in total. The maximum absolute atomic E-state index is 5.36. The first-order valence-electron chi connectivity index (χ1n) is 15.4. The minimum atomic E-state index is 0.135. The fraction of sp³-hybridized carbons (Fsp3) is 0.325. The second kappa shape index (κ2) is 11.4. The highest BCUT2D eigenvalue weighted by atomic mass is 15.1. The van der Waals surface area contributed by atoms with Crippen LogP contribution in [0.2, 0.25) is 0 Å². The Balaban J connectivity index is 1.78. The van der Waals surface area contributed by atoms with E-state index in [1.54, 1.807) is 0 Å². The van der Waals surface area contributed by atoms with Gasteiger partial charge in [-0.1, -0.05) is 121 Å². The molecule has 0 spiro atoms. The first kappa shape index (κ1) is 29.6. The summed E-state index contributed by atoms with van der Waals surface area (Å²) in [6.07, 6.45) is 2.28. The van der Waals surface area contributed by atoms with Crippen LogP contribution in [0.25, 0.3) is 39.5 Å². The molecule has 0 N–H and O–H groups in total. The van der Waals surface area contributed by atoms with Gasteiger partial charge in [-0.15, -0.1) is 0 Å². The van der Waals surface area contributed by atoms with E-state index in [0.717, 1.165) is 17.1 Å². The van der Waals surface area contributed by atoms with Crippen molar-refractivity contribution < 1.29 is 0 Å². The molecule has 0 radical (unpaired) electrons. The predicted molar refractivity (Wildman–Crippen MR) is 181 cm³/mol. The zero-order valence-electron chi connectivity index (χ0n) is 27.1. The first-order valence-corrected chi connectivity index (χ1v) is 15.4. The third-order valence-electron chi connectivity index (χ3n) is 8.41. The molecule has 0 amide bonds. The molecule has 4 aromatic carbocycles. The zero-order valence-corrected chi connectivity index (χ0v) is 27.1. The van der Waals surface area contributed by atoms with Gasteiger partial charge in [0.05, 0.1) is 11.4 Å². The molecule has 0 unspecified atom stereocenters. The number of imidazole rings is 1. The lowest BCUT2D eigenvalue weighted by atomic mass is 9.85. The van der Waals surface area contributed by atoms with Crippen LogP contribution in [0.5, 0.6) is 0 Å². The Hall–Kier alpha value is -3.91. The highest BCUT2D eigenvalue weighted by Gasteiger charge is 2.23. The molecule has 1 heterocycles. The molecule has 0 bridgehead atoms. The Kier molecular flexibility index (Phi) is 8.03. The highest BCUT2D eigenvalue weighted by Crippen LogP contribution is 2.40. The van der Waals surface area contributed by atoms with Gasteiger partial charge in [0.2, 0.25) is 0 Å². The topological polar surface area (TPSA) is 17.8 Å². The fourth-order valence-corrected chi connectivity index (χ4v) is 6.21. The summed E-state index contributed by atoms with van der Waals surface area (Å²) in [4.78, 5) is 5.36. The highest BCUT2D eigenvalue weighted by molar-refractivity contribution is 5.75. The van der Waals surface area contributed by atoms with Crippen molar-refractivity contribution in [1.29, 1.82) is 0 Å². The van der Waals surface area contributed by atoms with E-state index in [1.807, 2.05) is 0 Å². The smallest absolute Gasteiger partial charge is 0.145 e. The van der Waals surface area contributed by atoms with E-state index in [2.05, 4.69) is 159 Å². The summed E-state index contributed by atoms with van der Waals surface area (Å²) >= 11 is 0. The van der Waals surface area contributed by atoms with Crippen LogP contribution in [0.15, 0.2) is 85.1 Å². The molecule has 0 aliphatic heterocycles. The van der Waals surface area contributed by atoms with Crippen molar-refractivity contribution in [3.8, 4) is 39.5 Å². The lowest BCUT2D eigenvalue weighted by Gasteiger charge is -2.24. The van der Waals surface area contributed by atoms with E-state index in [-0.39, 0.29) is 5.41 Å². The predicted octanol–water partition coefficient (Wildman–Crippen LogP) is 11.3. The number of benzene rings is 4. The van der Waals surface area contributed by atoms with Gasteiger partial charge in [0, 0.05) is 17.3 Å². The minimum absolute atomic E-state index is 0.135. The third-order valence-corrected chi connectivity index (χ3v) is 8.41. The average molecular weight is 555 g/mol.